The number of hydrogen-bond acceptors (Lipinski definition) is 4. The summed E-state index contributed by atoms with van der Waals surface area (Å²) in [5.74, 6) is -0.356. The summed E-state index contributed by atoms with van der Waals surface area (Å²) in [7, 11) is 0. The molecule has 0 unspecified atom stereocenters. The number of anilines is 1. The zero-order valence-electron chi connectivity index (χ0n) is 15.5. The fourth-order valence-electron chi connectivity index (χ4n) is 2.80. The van der Waals surface area contributed by atoms with Crippen LogP contribution < -0.4 is 10.7 Å². The smallest absolute Gasteiger partial charge is 0.271 e. The monoisotopic (exact) mass is 375 g/mol. The second-order valence-electron chi connectivity index (χ2n) is 6.29. The molecule has 142 valence electrons. The Labute approximate surface area is 162 Å². The molecule has 0 fully saturated rings. The van der Waals surface area contributed by atoms with Gasteiger partial charge in [-0.3, -0.25) is 9.59 Å². The molecule has 3 aromatic carbocycles. The lowest BCUT2D eigenvalue weighted by Crippen LogP contribution is -2.17. The summed E-state index contributed by atoms with van der Waals surface area (Å²) in [4.78, 5) is 23.8. The Morgan fingerprint density at radius 1 is 1.04 bits per heavy atom. The van der Waals surface area contributed by atoms with Crippen LogP contribution >= 0.6 is 0 Å². The van der Waals surface area contributed by atoms with Crippen molar-refractivity contribution < 1.29 is 14.7 Å². The number of nitrogens with one attached hydrogen (secondary N) is 2. The Morgan fingerprint density at radius 3 is 2.54 bits per heavy atom. The van der Waals surface area contributed by atoms with Crippen LogP contribution in [0.2, 0.25) is 0 Å². The van der Waals surface area contributed by atoms with E-state index in [0.29, 0.717) is 23.2 Å². The molecule has 3 rings (SSSR count). The molecule has 6 heteroatoms. The Balaban J connectivity index is 1.67. The largest absolute Gasteiger partial charge is 0.507 e. The number of aromatic hydroxyl groups is 1. The summed E-state index contributed by atoms with van der Waals surface area (Å²) in [5, 5.41) is 18.6. The average Bonchev–Trinajstić information content (AvgIpc) is 2.70. The summed E-state index contributed by atoms with van der Waals surface area (Å²) in [6.07, 6.45) is 2.66. The fourth-order valence-corrected chi connectivity index (χ4v) is 2.80. The van der Waals surface area contributed by atoms with Crippen molar-refractivity contribution >= 4 is 34.5 Å². The molecule has 6 nitrogen and oxygen atoms in total. The number of hydrogen-bond donors (Lipinski definition) is 3. The number of carbonyl (C=O) groups is 2. The van der Waals surface area contributed by atoms with Gasteiger partial charge < -0.3 is 10.4 Å². The predicted octanol–water partition coefficient (Wildman–Crippen LogP) is 4.05. The predicted molar refractivity (Wildman–Crippen MR) is 111 cm³/mol. The first kappa shape index (κ1) is 19.1. The third-order valence-electron chi connectivity index (χ3n) is 4.22. The number of benzene rings is 3. The Bertz CT molecular complexity index is 1030. The topological polar surface area (TPSA) is 90.8 Å². The molecule has 0 heterocycles. The van der Waals surface area contributed by atoms with Crippen molar-refractivity contribution in [1.82, 2.24) is 5.43 Å². The van der Waals surface area contributed by atoms with E-state index in [1.807, 2.05) is 37.3 Å². The first-order valence-electron chi connectivity index (χ1n) is 9.02. The lowest BCUT2D eigenvalue weighted by atomic mass is 10.0. The SMILES string of the molecule is CCCC(=O)Nc1ccc(C(=O)N/N=C/c2c(O)ccc3ccccc23)cc1. The number of phenolic OH excluding ortho intramolecular Hbond substituents is 1. The third kappa shape index (κ3) is 4.54. The van der Waals surface area contributed by atoms with E-state index in [1.54, 1.807) is 30.3 Å². The van der Waals surface area contributed by atoms with E-state index in [0.717, 1.165) is 17.2 Å². The van der Waals surface area contributed by atoms with E-state index < -0.39 is 0 Å². The summed E-state index contributed by atoms with van der Waals surface area (Å²) in [5.41, 5.74) is 4.03. The van der Waals surface area contributed by atoms with Crippen LogP contribution in [0.25, 0.3) is 10.8 Å². The number of carbonyl (C=O) groups excluding carboxylic acids is 2. The second-order valence-corrected chi connectivity index (χ2v) is 6.29. The van der Waals surface area contributed by atoms with E-state index in [1.165, 1.54) is 6.21 Å². The van der Waals surface area contributed by atoms with Crippen LogP contribution in [0.4, 0.5) is 5.69 Å². The molecule has 0 aliphatic heterocycles. The first-order valence-corrected chi connectivity index (χ1v) is 9.02. The highest BCUT2D eigenvalue weighted by atomic mass is 16.3. The van der Waals surface area contributed by atoms with E-state index in [9.17, 15) is 14.7 Å². The molecule has 0 saturated carbocycles. The maximum atomic E-state index is 12.2. The van der Waals surface area contributed by atoms with Crippen molar-refractivity contribution in [2.75, 3.05) is 5.32 Å². The van der Waals surface area contributed by atoms with Crippen molar-refractivity contribution in [1.29, 1.82) is 0 Å². The highest BCUT2D eigenvalue weighted by Crippen LogP contribution is 2.25. The van der Waals surface area contributed by atoms with Gasteiger partial charge in [-0.15, -0.1) is 0 Å². The molecule has 3 N–H and O–H groups in total. The van der Waals surface area contributed by atoms with Crippen LogP contribution in [0, 0.1) is 0 Å². The second kappa shape index (κ2) is 8.81. The molecule has 28 heavy (non-hydrogen) atoms. The van der Waals surface area contributed by atoms with Crippen molar-refractivity contribution in [3.63, 3.8) is 0 Å². The van der Waals surface area contributed by atoms with Crippen LogP contribution in [0.15, 0.2) is 65.8 Å². The van der Waals surface area contributed by atoms with Crippen LogP contribution in [0.5, 0.6) is 5.75 Å². The standard InChI is InChI=1S/C22H21N3O3/c1-2-5-21(27)24-17-11-8-16(9-12-17)22(28)25-23-14-19-18-7-4-3-6-15(18)10-13-20(19)26/h3-4,6-14,26H,2,5H2,1H3,(H,24,27)(H,25,28)/b23-14+. The highest BCUT2D eigenvalue weighted by molar-refractivity contribution is 6.03. The van der Waals surface area contributed by atoms with E-state index >= 15 is 0 Å². The normalized spacial score (nSPS) is 10.9. The molecule has 3 aromatic rings. The summed E-state index contributed by atoms with van der Waals surface area (Å²) in [6, 6.07) is 17.6. The van der Waals surface area contributed by atoms with Crippen molar-refractivity contribution in [3.8, 4) is 5.75 Å². The van der Waals surface area contributed by atoms with Gasteiger partial charge in [0.25, 0.3) is 5.91 Å². The summed E-state index contributed by atoms with van der Waals surface area (Å²) >= 11 is 0. The zero-order valence-corrected chi connectivity index (χ0v) is 15.5. The molecule has 0 atom stereocenters. The zero-order chi connectivity index (χ0) is 19.9. The van der Waals surface area contributed by atoms with Crippen LogP contribution in [-0.2, 0) is 4.79 Å². The van der Waals surface area contributed by atoms with Gasteiger partial charge >= 0.3 is 0 Å². The molecule has 0 aliphatic rings. The number of nitrogens with zero attached hydrogens (tertiary/aromatic N) is 1. The molecule has 0 aromatic heterocycles. The van der Waals surface area contributed by atoms with Crippen LogP contribution in [-0.4, -0.2) is 23.1 Å². The number of rotatable bonds is 6. The van der Waals surface area contributed by atoms with Crippen molar-refractivity contribution in [2.24, 2.45) is 5.10 Å². The average molecular weight is 375 g/mol. The minimum atomic E-state index is -0.387. The molecular weight excluding hydrogens is 354 g/mol. The Morgan fingerprint density at radius 2 is 1.79 bits per heavy atom. The molecule has 2 amide bonds. The molecule has 0 bridgehead atoms. The maximum absolute atomic E-state index is 12.2. The fraction of sp³-hybridized carbons (Fsp3) is 0.136. The number of hydrazone groups is 1. The van der Waals surface area contributed by atoms with E-state index in [2.05, 4.69) is 15.8 Å². The lowest BCUT2D eigenvalue weighted by molar-refractivity contribution is -0.116. The summed E-state index contributed by atoms with van der Waals surface area (Å²) < 4.78 is 0. The third-order valence-corrected chi connectivity index (χ3v) is 4.22. The van der Waals surface area contributed by atoms with E-state index in [-0.39, 0.29) is 17.6 Å². The molecule has 0 spiro atoms. The Kier molecular flexibility index (Phi) is 6.01. The van der Waals surface area contributed by atoms with Gasteiger partial charge in [0.05, 0.1) is 6.21 Å². The maximum Gasteiger partial charge on any atom is 0.271 e. The van der Waals surface area contributed by atoms with Gasteiger partial charge in [0.15, 0.2) is 0 Å². The minimum Gasteiger partial charge on any atom is -0.507 e. The molecule has 0 radical (unpaired) electrons. The van der Waals surface area contributed by atoms with Crippen LogP contribution in [0.1, 0.15) is 35.7 Å². The van der Waals surface area contributed by atoms with Crippen LogP contribution in [0.3, 0.4) is 0 Å². The van der Waals surface area contributed by atoms with Crippen molar-refractivity contribution in [3.05, 3.63) is 71.8 Å². The molecule has 0 saturated heterocycles. The lowest BCUT2D eigenvalue weighted by Gasteiger charge is -2.06. The first-order chi connectivity index (χ1) is 13.6. The molecule has 0 aliphatic carbocycles. The van der Waals surface area contributed by atoms with Gasteiger partial charge in [0, 0.05) is 23.2 Å². The molecular formula is C22H21N3O3. The minimum absolute atomic E-state index is 0.0563. The number of fused-ring (bicyclic) bond motifs is 1. The highest BCUT2D eigenvalue weighted by Gasteiger charge is 2.07. The van der Waals surface area contributed by atoms with Gasteiger partial charge in [0.1, 0.15) is 5.75 Å². The van der Waals surface area contributed by atoms with Gasteiger partial charge in [0.2, 0.25) is 5.91 Å². The Hall–Kier alpha value is -3.67. The van der Waals surface area contributed by atoms with Crippen molar-refractivity contribution in [2.45, 2.75) is 19.8 Å². The quantitative estimate of drug-likeness (QED) is 0.448. The summed E-state index contributed by atoms with van der Waals surface area (Å²) in [6.45, 7) is 1.94. The van der Waals surface area contributed by atoms with Gasteiger partial charge in [-0.2, -0.15) is 5.10 Å². The van der Waals surface area contributed by atoms with Gasteiger partial charge in [-0.1, -0.05) is 37.3 Å². The van der Waals surface area contributed by atoms with Gasteiger partial charge in [-0.05, 0) is 47.5 Å². The number of phenols is 1. The van der Waals surface area contributed by atoms with E-state index in [4.69, 9.17) is 0 Å². The number of amides is 2. The van der Waals surface area contributed by atoms with Gasteiger partial charge in [-0.25, -0.2) is 5.43 Å².